The van der Waals surface area contributed by atoms with Gasteiger partial charge < -0.3 is 10.7 Å². The summed E-state index contributed by atoms with van der Waals surface area (Å²) in [4.78, 5) is 13.0. The maximum Gasteiger partial charge on any atom is 0.127 e. The lowest BCUT2D eigenvalue weighted by molar-refractivity contribution is 0.178. The van der Waals surface area contributed by atoms with Crippen LogP contribution in [0.2, 0.25) is 0 Å². The quantitative estimate of drug-likeness (QED) is 0.577. The molecule has 28 heavy (non-hydrogen) atoms. The molecule has 3 unspecified atom stereocenters. The molecule has 3 atom stereocenters. The largest absolute Gasteiger partial charge is 0.390 e. The fraction of sp³-hybridized carbons (Fsp3) is 0.455. The summed E-state index contributed by atoms with van der Waals surface area (Å²) in [7, 11) is 0. The van der Waals surface area contributed by atoms with Crippen LogP contribution in [0.1, 0.15) is 30.2 Å². The Kier molecular flexibility index (Phi) is 4.73. The van der Waals surface area contributed by atoms with Crippen molar-refractivity contribution in [2.75, 3.05) is 18.8 Å². The van der Waals surface area contributed by atoms with Gasteiger partial charge in [-0.15, -0.1) is 22.7 Å². The van der Waals surface area contributed by atoms with E-state index in [2.05, 4.69) is 41.7 Å². The molecule has 3 aromatic rings. The molecular formula is C22H26N4S2. The van der Waals surface area contributed by atoms with Crippen molar-refractivity contribution in [3.05, 3.63) is 34.7 Å². The first-order chi connectivity index (χ1) is 13.6. The van der Waals surface area contributed by atoms with E-state index >= 15 is 0 Å². The van der Waals surface area contributed by atoms with Crippen LogP contribution in [0, 0.1) is 11.8 Å². The summed E-state index contributed by atoms with van der Waals surface area (Å²) < 4.78 is 1.23. The van der Waals surface area contributed by atoms with Crippen LogP contribution < -0.4 is 5.73 Å². The first-order valence-corrected chi connectivity index (χ1v) is 11.7. The van der Waals surface area contributed by atoms with Crippen molar-refractivity contribution < 1.29 is 0 Å². The van der Waals surface area contributed by atoms with Gasteiger partial charge in [0.15, 0.2) is 0 Å². The van der Waals surface area contributed by atoms with Gasteiger partial charge >= 0.3 is 0 Å². The monoisotopic (exact) mass is 410 g/mol. The highest BCUT2D eigenvalue weighted by Crippen LogP contribution is 2.46. The Morgan fingerprint density at radius 2 is 2.18 bits per heavy atom. The minimum absolute atomic E-state index is 0.613. The van der Waals surface area contributed by atoms with Crippen molar-refractivity contribution in [3.8, 4) is 10.6 Å². The van der Waals surface area contributed by atoms with Gasteiger partial charge in [-0.3, -0.25) is 4.90 Å². The Morgan fingerprint density at radius 3 is 3.00 bits per heavy atom. The molecule has 1 aliphatic carbocycles. The third-order valence-electron chi connectivity index (χ3n) is 6.32. The number of aromatic nitrogens is 1. The average molecular weight is 411 g/mol. The Bertz CT molecular complexity index is 988. The predicted octanol–water partition coefficient (Wildman–Crippen LogP) is 5.08. The van der Waals surface area contributed by atoms with Crippen LogP contribution in [-0.2, 0) is 13.0 Å². The minimum Gasteiger partial charge on any atom is -0.390 e. The molecule has 5 rings (SSSR count). The lowest BCUT2D eigenvalue weighted by atomic mass is 10.0. The second kappa shape index (κ2) is 7.25. The molecule has 2 aromatic heterocycles. The third-order valence-corrected chi connectivity index (χ3v) is 8.42. The number of benzene rings is 1. The maximum absolute atomic E-state index is 6.49. The number of hydrogen-bond donors (Lipinski definition) is 1. The molecule has 0 bridgehead atoms. The fourth-order valence-electron chi connectivity index (χ4n) is 4.61. The molecule has 3 heterocycles. The molecule has 0 saturated heterocycles. The van der Waals surface area contributed by atoms with E-state index < -0.39 is 0 Å². The maximum atomic E-state index is 6.49. The fourth-order valence-corrected chi connectivity index (χ4v) is 6.87. The lowest BCUT2D eigenvalue weighted by Crippen LogP contribution is -2.37. The van der Waals surface area contributed by atoms with Crippen molar-refractivity contribution in [1.82, 2.24) is 9.88 Å². The molecule has 0 radical (unpaired) electrons. The van der Waals surface area contributed by atoms with E-state index in [4.69, 9.17) is 10.7 Å². The Labute approximate surface area is 174 Å². The number of anilines is 1. The van der Waals surface area contributed by atoms with Gasteiger partial charge in [0.05, 0.1) is 15.2 Å². The van der Waals surface area contributed by atoms with Crippen LogP contribution >= 0.6 is 22.7 Å². The second-order valence-corrected chi connectivity index (χ2v) is 10.4. The van der Waals surface area contributed by atoms with E-state index in [1.54, 1.807) is 22.7 Å². The summed E-state index contributed by atoms with van der Waals surface area (Å²) in [6.45, 7) is 9.10. The third kappa shape index (κ3) is 3.27. The van der Waals surface area contributed by atoms with Crippen LogP contribution in [0.25, 0.3) is 20.8 Å². The number of thiazole rings is 1. The number of rotatable bonds is 6. The number of fused-ring (bicyclic) bond motifs is 2. The zero-order valence-electron chi connectivity index (χ0n) is 16.2. The first kappa shape index (κ1) is 18.3. The van der Waals surface area contributed by atoms with Gasteiger partial charge in [-0.25, -0.2) is 4.98 Å². The molecule has 1 saturated carbocycles. The molecule has 2 aliphatic rings. The molecule has 4 nitrogen and oxygen atoms in total. The van der Waals surface area contributed by atoms with Crippen molar-refractivity contribution in [3.63, 3.8) is 0 Å². The lowest BCUT2D eigenvalue weighted by Gasteiger charge is -2.32. The first-order valence-electron chi connectivity index (χ1n) is 10.1. The summed E-state index contributed by atoms with van der Waals surface area (Å²) in [5.41, 5.74) is 10.2. The summed E-state index contributed by atoms with van der Waals surface area (Å²) in [5, 5.41) is 2.01. The average Bonchev–Trinajstić information content (AvgIpc) is 3.12. The minimum atomic E-state index is 0.613. The van der Waals surface area contributed by atoms with Crippen LogP contribution in [0.4, 0.5) is 5.00 Å². The van der Waals surface area contributed by atoms with Crippen molar-refractivity contribution in [1.29, 1.82) is 0 Å². The van der Waals surface area contributed by atoms with Crippen molar-refractivity contribution >= 4 is 44.6 Å². The number of nitrogens with zero attached hydrogens (tertiary/aromatic N) is 3. The molecule has 1 fully saturated rings. The van der Waals surface area contributed by atoms with Gasteiger partial charge in [-0.2, -0.15) is 0 Å². The van der Waals surface area contributed by atoms with E-state index in [9.17, 15) is 0 Å². The van der Waals surface area contributed by atoms with Gasteiger partial charge in [0.1, 0.15) is 5.01 Å². The SMILES string of the molecule is C=NCC1CC1CC(C)N1CCc2c(sc(N)c2-c2nc3ccccc3s2)C1. The zero-order chi connectivity index (χ0) is 19.3. The molecule has 2 N–H and O–H groups in total. The molecule has 0 amide bonds. The molecular weight excluding hydrogens is 384 g/mol. The van der Waals surface area contributed by atoms with E-state index in [-0.39, 0.29) is 0 Å². The number of aliphatic imine (C=N–C) groups is 1. The molecule has 1 aliphatic heterocycles. The van der Waals surface area contributed by atoms with Gasteiger partial charge in [0.25, 0.3) is 0 Å². The summed E-state index contributed by atoms with van der Waals surface area (Å²) >= 11 is 3.52. The van der Waals surface area contributed by atoms with E-state index in [1.807, 2.05) is 6.07 Å². The normalized spacial score (nSPS) is 22.9. The number of nitrogens with two attached hydrogens (primary N) is 1. The summed E-state index contributed by atoms with van der Waals surface area (Å²) in [5.74, 6) is 1.62. The molecule has 6 heteroatoms. The van der Waals surface area contributed by atoms with Crippen LogP contribution in [0.15, 0.2) is 29.3 Å². The second-order valence-electron chi connectivity index (χ2n) is 8.20. The predicted molar refractivity (Wildman–Crippen MR) is 122 cm³/mol. The molecule has 1 aromatic carbocycles. The van der Waals surface area contributed by atoms with Gasteiger partial charge in [-0.1, -0.05) is 12.1 Å². The smallest absolute Gasteiger partial charge is 0.127 e. The highest BCUT2D eigenvalue weighted by atomic mass is 32.1. The summed E-state index contributed by atoms with van der Waals surface area (Å²) in [6, 6.07) is 8.96. The van der Waals surface area contributed by atoms with Crippen LogP contribution in [0.5, 0.6) is 0 Å². The highest BCUT2D eigenvalue weighted by molar-refractivity contribution is 7.22. The number of para-hydroxylation sites is 1. The number of nitrogen functional groups attached to an aromatic ring is 1. The zero-order valence-corrected chi connectivity index (χ0v) is 17.9. The van der Waals surface area contributed by atoms with Gasteiger partial charge in [-0.05, 0) is 62.4 Å². The topological polar surface area (TPSA) is 54.5 Å². The van der Waals surface area contributed by atoms with E-state index in [1.165, 1.54) is 33.5 Å². The molecule has 146 valence electrons. The number of thiophene rings is 1. The van der Waals surface area contributed by atoms with E-state index in [0.29, 0.717) is 6.04 Å². The van der Waals surface area contributed by atoms with E-state index in [0.717, 1.165) is 53.4 Å². The Hall–Kier alpha value is -1.76. The standard InChI is InChI=1S/C22H26N4S2/c1-13(9-14-10-15(14)11-24-2)26-8-7-16-19(12-26)27-21(23)20(16)22-25-17-5-3-4-6-18(17)28-22/h3-6,13-15H,2,7-12,23H2,1H3. The van der Waals surface area contributed by atoms with Crippen LogP contribution in [-0.4, -0.2) is 35.7 Å². The van der Waals surface area contributed by atoms with Gasteiger partial charge in [0.2, 0.25) is 0 Å². The Morgan fingerprint density at radius 1 is 1.32 bits per heavy atom. The van der Waals surface area contributed by atoms with Crippen LogP contribution in [0.3, 0.4) is 0 Å². The van der Waals surface area contributed by atoms with Crippen molar-refractivity contribution in [2.24, 2.45) is 16.8 Å². The number of hydrogen-bond acceptors (Lipinski definition) is 6. The summed E-state index contributed by atoms with van der Waals surface area (Å²) in [6.07, 6.45) is 3.68. The Balaban J connectivity index is 1.35. The highest BCUT2D eigenvalue weighted by Gasteiger charge is 2.38. The van der Waals surface area contributed by atoms with Crippen molar-refractivity contribution in [2.45, 2.75) is 38.8 Å². The molecule has 0 spiro atoms. The van der Waals surface area contributed by atoms with Gasteiger partial charge in [0, 0.05) is 36.1 Å².